The quantitative estimate of drug-likeness (QED) is 0.918. The predicted molar refractivity (Wildman–Crippen MR) is 71.3 cm³/mol. The Bertz CT molecular complexity index is 590. The summed E-state index contributed by atoms with van der Waals surface area (Å²) in [5, 5.41) is 9.05. The number of fused-ring (bicyclic) bond motifs is 1. The predicted octanol–water partition coefficient (Wildman–Crippen LogP) is 2.70. The normalized spacial score (nSPS) is 18.0. The zero-order valence-electron chi connectivity index (χ0n) is 10.6. The lowest BCUT2D eigenvalue weighted by molar-refractivity contribution is 0.0696. The van der Waals surface area contributed by atoms with Crippen molar-refractivity contribution >= 4 is 5.97 Å². The molecular weight excluding hydrogens is 240 g/mol. The zero-order chi connectivity index (χ0) is 13.2. The number of nitrogens with zero attached hydrogens (tertiary/aromatic N) is 2. The summed E-state index contributed by atoms with van der Waals surface area (Å²) in [7, 11) is 0. The first-order chi connectivity index (χ1) is 9.24. The SMILES string of the molecule is O=C(O)c1ccc2c(c1)CCCC2Cn1ccnc1. The molecule has 0 bridgehead atoms. The Kier molecular flexibility index (Phi) is 3.07. The van der Waals surface area contributed by atoms with Crippen molar-refractivity contribution in [1.82, 2.24) is 9.55 Å². The molecule has 4 heteroatoms. The van der Waals surface area contributed by atoms with Gasteiger partial charge in [0.25, 0.3) is 0 Å². The summed E-state index contributed by atoms with van der Waals surface area (Å²) in [5.41, 5.74) is 2.88. The van der Waals surface area contributed by atoms with Crippen molar-refractivity contribution in [2.45, 2.75) is 31.7 Å². The highest BCUT2D eigenvalue weighted by molar-refractivity contribution is 5.88. The van der Waals surface area contributed by atoms with E-state index < -0.39 is 5.97 Å². The van der Waals surface area contributed by atoms with E-state index >= 15 is 0 Å². The largest absolute Gasteiger partial charge is 0.478 e. The molecule has 0 radical (unpaired) electrons. The number of carboxylic acid groups (broad SMARTS) is 1. The van der Waals surface area contributed by atoms with Gasteiger partial charge in [-0.2, -0.15) is 0 Å². The second-order valence-electron chi connectivity index (χ2n) is 5.07. The van der Waals surface area contributed by atoms with Crippen LogP contribution in [0.1, 0.15) is 40.2 Å². The van der Waals surface area contributed by atoms with Gasteiger partial charge in [0.1, 0.15) is 0 Å². The number of hydrogen-bond donors (Lipinski definition) is 1. The van der Waals surface area contributed by atoms with Crippen molar-refractivity contribution in [3.05, 3.63) is 53.6 Å². The van der Waals surface area contributed by atoms with Crippen LogP contribution in [0.4, 0.5) is 0 Å². The lowest BCUT2D eigenvalue weighted by atomic mass is 9.82. The Labute approximate surface area is 111 Å². The Morgan fingerprint density at radius 2 is 2.37 bits per heavy atom. The Hall–Kier alpha value is -2.10. The van der Waals surface area contributed by atoms with Crippen molar-refractivity contribution in [2.75, 3.05) is 0 Å². The minimum absolute atomic E-state index is 0.391. The van der Waals surface area contributed by atoms with E-state index in [9.17, 15) is 4.79 Å². The van der Waals surface area contributed by atoms with Gasteiger partial charge in [-0.25, -0.2) is 9.78 Å². The molecule has 98 valence electrons. The lowest BCUT2D eigenvalue weighted by Crippen LogP contribution is -2.15. The highest BCUT2D eigenvalue weighted by atomic mass is 16.4. The van der Waals surface area contributed by atoms with Crippen LogP contribution in [-0.2, 0) is 13.0 Å². The molecule has 1 heterocycles. The average Bonchev–Trinajstić information content (AvgIpc) is 2.91. The molecule has 1 atom stereocenters. The lowest BCUT2D eigenvalue weighted by Gasteiger charge is -2.26. The van der Waals surface area contributed by atoms with Crippen LogP contribution < -0.4 is 0 Å². The second kappa shape index (κ2) is 4.88. The van der Waals surface area contributed by atoms with Crippen molar-refractivity contribution < 1.29 is 9.90 Å². The number of aromatic nitrogens is 2. The van der Waals surface area contributed by atoms with Crippen molar-refractivity contribution in [2.24, 2.45) is 0 Å². The third-order valence-corrected chi connectivity index (χ3v) is 3.82. The van der Waals surface area contributed by atoms with Gasteiger partial charge in [0.15, 0.2) is 0 Å². The summed E-state index contributed by atoms with van der Waals surface area (Å²) in [5.74, 6) is -0.389. The molecule has 1 aromatic carbocycles. The van der Waals surface area contributed by atoms with E-state index in [0.717, 1.165) is 25.8 Å². The molecule has 0 aliphatic heterocycles. The number of imidazole rings is 1. The fraction of sp³-hybridized carbons (Fsp3) is 0.333. The van der Waals surface area contributed by atoms with E-state index in [2.05, 4.69) is 9.55 Å². The Morgan fingerprint density at radius 3 is 3.11 bits per heavy atom. The van der Waals surface area contributed by atoms with Crippen LogP contribution in [0.25, 0.3) is 0 Å². The molecule has 1 unspecified atom stereocenters. The van der Waals surface area contributed by atoms with E-state index in [1.165, 1.54) is 11.1 Å². The molecular formula is C15H16N2O2. The van der Waals surface area contributed by atoms with Crippen molar-refractivity contribution in [3.8, 4) is 0 Å². The first-order valence-corrected chi connectivity index (χ1v) is 6.56. The number of aromatic carboxylic acids is 1. The van der Waals surface area contributed by atoms with Gasteiger partial charge in [-0.05, 0) is 42.5 Å². The molecule has 4 nitrogen and oxygen atoms in total. The summed E-state index contributed by atoms with van der Waals surface area (Å²) in [6.07, 6.45) is 8.85. The van der Waals surface area contributed by atoms with Gasteiger partial charge >= 0.3 is 5.97 Å². The van der Waals surface area contributed by atoms with Gasteiger partial charge in [0.05, 0.1) is 11.9 Å². The van der Waals surface area contributed by atoms with Crippen molar-refractivity contribution in [3.63, 3.8) is 0 Å². The van der Waals surface area contributed by atoms with Gasteiger partial charge in [-0.1, -0.05) is 6.07 Å². The van der Waals surface area contributed by atoms with Gasteiger partial charge in [0.2, 0.25) is 0 Å². The fourth-order valence-electron chi connectivity index (χ4n) is 2.89. The zero-order valence-corrected chi connectivity index (χ0v) is 10.6. The van der Waals surface area contributed by atoms with Crippen LogP contribution in [0, 0.1) is 0 Å². The molecule has 1 N–H and O–H groups in total. The number of rotatable bonds is 3. The molecule has 1 aliphatic carbocycles. The highest BCUT2D eigenvalue weighted by Gasteiger charge is 2.21. The van der Waals surface area contributed by atoms with Gasteiger partial charge in [-0.15, -0.1) is 0 Å². The molecule has 19 heavy (non-hydrogen) atoms. The van der Waals surface area contributed by atoms with E-state index in [0.29, 0.717) is 11.5 Å². The first-order valence-electron chi connectivity index (χ1n) is 6.56. The molecule has 1 aliphatic rings. The van der Waals surface area contributed by atoms with Gasteiger partial charge in [0, 0.05) is 24.9 Å². The van der Waals surface area contributed by atoms with Gasteiger partial charge < -0.3 is 9.67 Å². The van der Waals surface area contributed by atoms with E-state index in [1.807, 2.05) is 24.7 Å². The molecule has 0 saturated carbocycles. The van der Waals surface area contributed by atoms with E-state index in [4.69, 9.17) is 5.11 Å². The second-order valence-corrected chi connectivity index (χ2v) is 5.07. The summed E-state index contributed by atoms with van der Waals surface area (Å²) in [6, 6.07) is 5.53. The highest BCUT2D eigenvalue weighted by Crippen LogP contribution is 2.33. The number of benzene rings is 1. The monoisotopic (exact) mass is 256 g/mol. The van der Waals surface area contributed by atoms with Crippen LogP contribution in [0.15, 0.2) is 36.9 Å². The van der Waals surface area contributed by atoms with Crippen LogP contribution in [-0.4, -0.2) is 20.6 Å². The molecule has 3 rings (SSSR count). The van der Waals surface area contributed by atoms with Crippen molar-refractivity contribution in [1.29, 1.82) is 0 Å². The van der Waals surface area contributed by atoms with Crippen LogP contribution in [0.3, 0.4) is 0 Å². The molecule has 0 fully saturated rings. The fourth-order valence-corrected chi connectivity index (χ4v) is 2.89. The maximum absolute atomic E-state index is 11.0. The summed E-state index contributed by atoms with van der Waals surface area (Å²) in [6.45, 7) is 0.916. The van der Waals surface area contributed by atoms with Crippen LogP contribution >= 0.6 is 0 Å². The molecule has 1 aromatic heterocycles. The van der Waals surface area contributed by atoms with Gasteiger partial charge in [-0.3, -0.25) is 0 Å². The molecule has 0 saturated heterocycles. The standard InChI is InChI=1S/C15H16N2O2/c18-15(19)12-4-5-14-11(8-12)2-1-3-13(14)9-17-7-6-16-10-17/h4-8,10,13H,1-3,9H2,(H,18,19). The maximum atomic E-state index is 11.0. The minimum atomic E-state index is -0.848. The first kappa shape index (κ1) is 12.0. The van der Waals surface area contributed by atoms with Crippen LogP contribution in [0.2, 0.25) is 0 Å². The number of carbonyl (C=O) groups is 1. The topological polar surface area (TPSA) is 55.1 Å². The Morgan fingerprint density at radius 1 is 1.47 bits per heavy atom. The van der Waals surface area contributed by atoms with E-state index in [-0.39, 0.29) is 0 Å². The molecule has 0 amide bonds. The molecule has 2 aromatic rings. The summed E-state index contributed by atoms with van der Waals surface area (Å²) in [4.78, 5) is 15.1. The smallest absolute Gasteiger partial charge is 0.335 e. The molecule has 0 spiro atoms. The van der Waals surface area contributed by atoms with E-state index in [1.54, 1.807) is 12.3 Å². The summed E-state index contributed by atoms with van der Waals surface area (Å²) >= 11 is 0. The van der Waals surface area contributed by atoms with Crippen LogP contribution in [0.5, 0.6) is 0 Å². The minimum Gasteiger partial charge on any atom is -0.478 e. The average molecular weight is 256 g/mol. The number of carboxylic acids is 1. The number of hydrogen-bond acceptors (Lipinski definition) is 2. The number of aryl methyl sites for hydroxylation is 1. The third kappa shape index (κ3) is 2.38. The maximum Gasteiger partial charge on any atom is 0.335 e. The summed E-state index contributed by atoms with van der Waals surface area (Å²) < 4.78 is 2.09. The Balaban J connectivity index is 1.89. The third-order valence-electron chi connectivity index (χ3n) is 3.82.